The van der Waals surface area contributed by atoms with Crippen LogP contribution in [0.4, 0.5) is 0 Å². The molecule has 3 aromatic rings. The number of halogens is 1. The number of benzene rings is 1. The van der Waals surface area contributed by atoms with Gasteiger partial charge in [0.15, 0.2) is 11.0 Å². The number of aromatic hydroxyl groups is 2. The van der Waals surface area contributed by atoms with Crippen molar-refractivity contribution in [2.75, 3.05) is 0 Å². The summed E-state index contributed by atoms with van der Waals surface area (Å²) >= 11 is 6.10. The first-order valence-electron chi connectivity index (χ1n) is 7.65. The Morgan fingerprint density at radius 2 is 1.62 bits per heavy atom. The first kappa shape index (κ1) is 14.1. The molecule has 7 nitrogen and oxygen atoms in total. The van der Waals surface area contributed by atoms with Crippen molar-refractivity contribution in [1.82, 2.24) is 14.9 Å². The van der Waals surface area contributed by atoms with Crippen molar-refractivity contribution in [3.63, 3.8) is 0 Å². The van der Waals surface area contributed by atoms with Crippen molar-refractivity contribution in [2.45, 2.75) is 37.9 Å². The van der Waals surface area contributed by atoms with Gasteiger partial charge in [0.25, 0.3) is 0 Å². The van der Waals surface area contributed by atoms with Crippen LogP contribution in [0.1, 0.15) is 37.8 Å². The molecule has 2 atom stereocenters. The maximum absolute atomic E-state index is 10.9. The lowest BCUT2D eigenvalue weighted by atomic mass is 9.80. The summed E-state index contributed by atoms with van der Waals surface area (Å²) < 4.78 is 12.2. The van der Waals surface area contributed by atoms with Crippen molar-refractivity contribution in [3.05, 3.63) is 28.3 Å². The lowest BCUT2D eigenvalue weighted by Crippen LogP contribution is -2.17. The van der Waals surface area contributed by atoms with Crippen molar-refractivity contribution in [1.29, 1.82) is 0 Å². The van der Waals surface area contributed by atoms with Crippen LogP contribution >= 0.6 is 11.6 Å². The van der Waals surface area contributed by atoms with Crippen LogP contribution in [0.3, 0.4) is 0 Å². The van der Waals surface area contributed by atoms with Gasteiger partial charge in [-0.05, 0) is 49.1 Å². The SMILES string of the molecule is C[C@]12CC[C@](C)(O1)c1c2c(O)n(-c2ccc(Cl)c3nonc23)c1O. The Hall–Kier alpha value is -2.25. The van der Waals surface area contributed by atoms with E-state index in [2.05, 4.69) is 10.3 Å². The molecule has 2 N–H and O–H groups in total. The summed E-state index contributed by atoms with van der Waals surface area (Å²) in [6.45, 7) is 3.87. The third kappa shape index (κ3) is 1.43. The highest BCUT2D eigenvalue weighted by Crippen LogP contribution is 2.64. The molecule has 124 valence electrons. The zero-order valence-corrected chi connectivity index (χ0v) is 13.8. The number of rotatable bonds is 1. The maximum Gasteiger partial charge on any atom is 0.205 e. The van der Waals surface area contributed by atoms with E-state index in [1.165, 1.54) is 4.57 Å². The summed E-state index contributed by atoms with van der Waals surface area (Å²) in [5, 5.41) is 29.8. The van der Waals surface area contributed by atoms with Crippen LogP contribution in [0.15, 0.2) is 16.8 Å². The van der Waals surface area contributed by atoms with E-state index in [4.69, 9.17) is 21.0 Å². The molecule has 0 spiro atoms. The van der Waals surface area contributed by atoms with Crippen LogP contribution in [-0.4, -0.2) is 25.1 Å². The molecule has 4 heterocycles. The number of nitrogens with zero attached hydrogens (tertiary/aromatic N) is 3. The molecule has 2 aliphatic rings. The first-order valence-corrected chi connectivity index (χ1v) is 8.02. The largest absolute Gasteiger partial charge is 0.494 e. The highest BCUT2D eigenvalue weighted by molar-refractivity contribution is 6.35. The summed E-state index contributed by atoms with van der Waals surface area (Å²) in [6, 6.07) is 3.29. The molecule has 0 radical (unpaired) electrons. The second-order valence-corrected chi connectivity index (χ2v) is 7.23. The third-order valence-corrected chi connectivity index (χ3v) is 5.60. The van der Waals surface area contributed by atoms with Gasteiger partial charge in [0.2, 0.25) is 11.8 Å². The van der Waals surface area contributed by atoms with E-state index in [1.807, 2.05) is 13.8 Å². The minimum Gasteiger partial charge on any atom is -0.494 e. The minimum atomic E-state index is -0.607. The number of hydrogen-bond donors (Lipinski definition) is 2. The third-order valence-electron chi connectivity index (χ3n) is 5.29. The average molecular weight is 348 g/mol. The van der Waals surface area contributed by atoms with Crippen LogP contribution in [0.2, 0.25) is 5.02 Å². The number of fused-ring (bicyclic) bond motifs is 6. The van der Waals surface area contributed by atoms with E-state index in [0.717, 1.165) is 12.8 Å². The fraction of sp³-hybridized carbons (Fsp3) is 0.375. The van der Waals surface area contributed by atoms with Gasteiger partial charge in [-0.3, -0.25) is 0 Å². The monoisotopic (exact) mass is 347 g/mol. The Morgan fingerprint density at radius 1 is 1.04 bits per heavy atom. The Labute approximate surface area is 141 Å². The molecular formula is C16H14ClN3O4. The molecule has 2 aromatic heterocycles. The lowest BCUT2D eigenvalue weighted by molar-refractivity contribution is -0.0683. The van der Waals surface area contributed by atoms with Crippen LogP contribution < -0.4 is 0 Å². The summed E-state index contributed by atoms with van der Waals surface area (Å²) in [5.41, 5.74) is 1.24. The Morgan fingerprint density at radius 3 is 2.25 bits per heavy atom. The van der Waals surface area contributed by atoms with E-state index >= 15 is 0 Å². The Bertz CT molecular complexity index is 987. The Balaban J connectivity index is 1.86. The van der Waals surface area contributed by atoms with E-state index in [1.54, 1.807) is 12.1 Å². The van der Waals surface area contributed by atoms with Gasteiger partial charge in [-0.1, -0.05) is 11.6 Å². The molecular weight excluding hydrogens is 334 g/mol. The van der Waals surface area contributed by atoms with E-state index in [9.17, 15) is 10.2 Å². The minimum absolute atomic E-state index is 0.0555. The van der Waals surface area contributed by atoms with Crippen LogP contribution in [-0.2, 0) is 15.9 Å². The molecule has 1 saturated heterocycles. The van der Waals surface area contributed by atoms with Gasteiger partial charge in [0.1, 0.15) is 0 Å². The van der Waals surface area contributed by atoms with Gasteiger partial charge in [-0.25, -0.2) is 9.20 Å². The number of ether oxygens (including phenoxy) is 1. The van der Waals surface area contributed by atoms with Gasteiger partial charge >= 0.3 is 0 Å². The second-order valence-electron chi connectivity index (χ2n) is 6.82. The predicted molar refractivity (Wildman–Crippen MR) is 84.5 cm³/mol. The van der Waals surface area contributed by atoms with Crippen molar-refractivity contribution >= 4 is 22.6 Å². The molecule has 2 aliphatic heterocycles. The summed E-state index contributed by atoms with van der Waals surface area (Å²) in [4.78, 5) is 0. The fourth-order valence-corrected chi connectivity index (χ4v) is 4.40. The normalized spacial score (nSPS) is 28.0. The molecule has 24 heavy (non-hydrogen) atoms. The highest BCUT2D eigenvalue weighted by Gasteiger charge is 2.59. The summed E-state index contributed by atoms with van der Waals surface area (Å²) in [6.07, 6.45) is 1.57. The topological polar surface area (TPSA) is 93.5 Å². The molecule has 1 fully saturated rings. The van der Waals surface area contributed by atoms with E-state index in [-0.39, 0.29) is 11.8 Å². The number of hydrogen-bond acceptors (Lipinski definition) is 6. The van der Waals surface area contributed by atoms with Crippen molar-refractivity contribution < 1.29 is 19.6 Å². The van der Waals surface area contributed by atoms with Crippen LogP contribution in [0, 0.1) is 0 Å². The molecule has 5 rings (SSSR count). The van der Waals surface area contributed by atoms with E-state index < -0.39 is 11.2 Å². The lowest BCUT2D eigenvalue weighted by Gasteiger charge is -2.21. The smallest absolute Gasteiger partial charge is 0.205 e. The molecule has 2 bridgehead atoms. The summed E-state index contributed by atoms with van der Waals surface area (Å²) in [7, 11) is 0. The summed E-state index contributed by atoms with van der Waals surface area (Å²) in [5.74, 6) is -0.111. The molecule has 0 aliphatic carbocycles. The van der Waals surface area contributed by atoms with Gasteiger partial charge < -0.3 is 14.9 Å². The van der Waals surface area contributed by atoms with Gasteiger partial charge in [0, 0.05) is 0 Å². The van der Waals surface area contributed by atoms with Gasteiger partial charge in [0.05, 0.1) is 33.0 Å². The molecule has 0 unspecified atom stereocenters. The second kappa shape index (κ2) is 4.04. The van der Waals surface area contributed by atoms with E-state index in [0.29, 0.717) is 32.9 Å². The number of aromatic nitrogens is 3. The zero-order valence-electron chi connectivity index (χ0n) is 13.0. The highest BCUT2D eigenvalue weighted by atomic mass is 35.5. The van der Waals surface area contributed by atoms with Crippen LogP contribution in [0.5, 0.6) is 11.8 Å². The molecule has 0 saturated carbocycles. The van der Waals surface area contributed by atoms with Gasteiger partial charge in [-0.15, -0.1) is 0 Å². The molecule has 1 aromatic carbocycles. The standard InChI is InChI=1S/C16H14ClN3O4/c1-15-5-6-16(2,23-15)10-9(15)13(21)20(14(10)22)8-4-3-7(17)11-12(8)19-24-18-11/h3-4,21-22H,5-6H2,1-2H3/t15-,16+. The predicted octanol–water partition coefficient (Wildman–Crippen LogP) is 3.33. The zero-order chi connectivity index (χ0) is 16.9. The van der Waals surface area contributed by atoms with Crippen molar-refractivity contribution in [3.8, 4) is 17.4 Å². The van der Waals surface area contributed by atoms with Crippen molar-refractivity contribution in [2.24, 2.45) is 0 Å². The first-order chi connectivity index (χ1) is 11.4. The molecule has 8 heteroatoms. The van der Waals surface area contributed by atoms with Crippen LogP contribution in [0.25, 0.3) is 16.7 Å². The average Bonchev–Trinajstić information content (AvgIpc) is 3.23. The van der Waals surface area contributed by atoms with Gasteiger partial charge in [-0.2, -0.15) is 0 Å². The Kier molecular flexibility index (Phi) is 2.38. The maximum atomic E-state index is 10.9. The fourth-order valence-electron chi connectivity index (χ4n) is 4.21. The quantitative estimate of drug-likeness (QED) is 0.701. The molecule has 0 amide bonds.